The van der Waals surface area contributed by atoms with Crippen LogP contribution in [0, 0.1) is 0 Å². The van der Waals surface area contributed by atoms with Gasteiger partial charge in [0.05, 0.1) is 13.7 Å². The number of ether oxygens (including phenoxy) is 2. The summed E-state index contributed by atoms with van der Waals surface area (Å²) in [4.78, 5) is 0. The number of methoxy groups -OCH3 is 1. The Hall–Kier alpha value is -2.84. The molecule has 2 nitrogen and oxygen atoms in total. The first-order chi connectivity index (χ1) is 12.3. The first-order valence-corrected chi connectivity index (χ1v) is 8.38. The molecule has 3 rings (SSSR count). The fourth-order valence-corrected chi connectivity index (χ4v) is 2.58. The Kier molecular flexibility index (Phi) is 6.02. The van der Waals surface area contributed by atoms with Crippen LogP contribution in [0.3, 0.4) is 0 Å². The van der Waals surface area contributed by atoms with Crippen LogP contribution >= 0.6 is 0 Å². The molecule has 0 unspecified atom stereocenters. The second-order valence-corrected chi connectivity index (χ2v) is 5.76. The smallest absolute Gasteiger partial charge is 0.118 e. The van der Waals surface area contributed by atoms with Crippen LogP contribution in [-0.4, -0.2) is 7.11 Å². The van der Waals surface area contributed by atoms with Gasteiger partial charge in [0.1, 0.15) is 11.9 Å². The minimum absolute atomic E-state index is 0.0940. The molecule has 0 bridgehead atoms. The summed E-state index contributed by atoms with van der Waals surface area (Å²) in [6.45, 7) is 0.544. The highest BCUT2D eigenvalue weighted by atomic mass is 16.5. The molecule has 0 heterocycles. The average Bonchev–Trinajstić information content (AvgIpc) is 2.70. The number of rotatable bonds is 7. The maximum absolute atomic E-state index is 6.18. The molecule has 0 saturated carbocycles. The summed E-state index contributed by atoms with van der Waals surface area (Å²) in [5.74, 6) is 0.854. The second-order valence-electron chi connectivity index (χ2n) is 5.76. The fourth-order valence-electron chi connectivity index (χ4n) is 2.58. The Labute approximate surface area is 149 Å². The van der Waals surface area contributed by atoms with E-state index in [2.05, 4.69) is 36.4 Å². The van der Waals surface area contributed by atoms with Crippen molar-refractivity contribution < 1.29 is 9.47 Å². The van der Waals surface area contributed by atoms with Crippen molar-refractivity contribution in [1.82, 2.24) is 0 Å². The molecule has 2 heteroatoms. The van der Waals surface area contributed by atoms with Crippen molar-refractivity contribution in [3.8, 4) is 5.75 Å². The fraction of sp³-hybridized carbons (Fsp3) is 0.130. The first-order valence-electron chi connectivity index (χ1n) is 8.38. The monoisotopic (exact) mass is 330 g/mol. The van der Waals surface area contributed by atoms with Gasteiger partial charge in [-0.2, -0.15) is 0 Å². The quantitative estimate of drug-likeness (QED) is 0.556. The molecule has 0 aliphatic carbocycles. The topological polar surface area (TPSA) is 18.5 Å². The Balaban J connectivity index is 1.73. The molecule has 1 atom stereocenters. The molecule has 0 amide bonds. The zero-order valence-corrected chi connectivity index (χ0v) is 14.3. The van der Waals surface area contributed by atoms with Gasteiger partial charge in [-0.1, -0.05) is 84.9 Å². The van der Waals surface area contributed by atoms with Crippen LogP contribution in [0.4, 0.5) is 0 Å². The third-order valence-electron chi connectivity index (χ3n) is 3.98. The molecule has 0 aliphatic rings. The number of benzene rings is 3. The molecule has 3 aromatic carbocycles. The van der Waals surface area contributed by atoms with Gasteiger partial charge in [-0.05, 0) is 28.8 Å². The van der Waals surface area contributed by atoms with E-state index in [1.807, 2.05) is 60.7 Å². The van der Waals surface area contributed by atoms with Crippen molar-refractivity contribution in [1.29, 1.82) is 0 Å². The predicted molar refractivity (Wildman–Crippen MR) is 102 cm³/mol. The summed E-state index contributed by atoms with van der Waals surface area (Å²) in [6, 6.07) is 28.5. The summed E-state index contributed by atoms with van der Waals surface area (Å²) in [5, 5.41) is 0. The van der Waals surface area contributed by atoms with Crippen LogP contribution in [0.5, 0.6) is 5.75 Å². The van der Waals surface area contributed by atoms with Crippen LogP contribution < -0.4 is 4.74 Å². The molecule has 3 aromatic rings. The number of hydrogen-bond acceptors (Lipinski definition) is 2. The van der Waals surface area contributed by atoms with Crippen LogP contribution in [-0.2, 0) is 11.3 Å². The summed E-state index contributed by atoms with van der Waals surface area (Å²) in [6.07, 6.45) is 4.11. The Bertz CT molecular complexity index is 777. The van der Waals surface area contributed by atoms with Crippen molar-refractivity contribution in [3.05, 3.63) is 108 Å². The van der Waals surface area contributed by atoms with E-state index in [0.717, 1.165) is 22.4 Å². The van der Waals surface area contributed by atoms with Crippen LogP contribution in [0.1, 0.15) is 22.8 Å². The van der Waals surface area contributed by atoms with E-state index in [-0.39, 0.29) is 6.10 Å². The lowest BCUT2D eigenvalue weighted by molar-refractivity contribution is 0.0723. The van der Waals surface area contributed by atoms with Gasteiger partial charge in [0, 0.05) is 0 Å². The van der Waals surface area contributed by atoms with Gasteiger partial charge in [-0.3, -0.25) is 0 Å². The lowest BCUT2D eigenvalue weighted by atomic mass is 10.1. The lowest BCUT2D eigenvalue weighted by Gasteiger charge is -2.15. The zero-order valence-electron chi connectivity index (χ0n) is 14.3. The summed E-state index contributed by atoms with van der Waals surface area (Å²) in [5.41, 5.74) is 3.43. The van der Waals surface area contributed by atoms with E-state index in [0.29, 0.717) is 6.61 Å². The van der Waals surface area contributed by atoms with E-state index in [1.165, 1.54) is 0 Å². The van der Waals surface area contributed by atoms with Crippen molar-refractivity contribution in [3.63, 3.8) is 0 Å². The van der Waals surface area contributed by atoms with E-state index in [1.54, 1.807) is 7.11 Å². The highest BCUT2D eigenvalue weighted by Gasteiger charge is 2.08. The highest BCUT2D eigenvalue weighted by Crippen LogP contribution is 2.22. The third-order valence-corrected chi connectivity index (χ3v) is 3.98. The van der Waals surface area contributed by atoms with E-state index in [9.17, 15) is 0 Å². The van der Waals surface area contributed by atoms with Crippen molar-refractivity contribution in [2.75, 3.05) is 7.11 Å². The Morgan fingerprint density at radius 1 is 0.800 bits per heavy atom. The minimum Gasteiger partial charge on any atom is -0.497 e. The number of hydrogen-bond donors (Lipinski definition) is 0. The Morgan fingerprint density at radius 3 is 2.08 bits per heavy atom. The molecular formula is C23H22O2. The second kappa shape index (κ2) is 8.86. The molecule has 0 fully saturated rings. The summed E-state index contributed by atoms with van der Waals surface area (Å²) >= 11 is 0. The highest BCUT2D eigenvalue weighted by molar-refractivity contribution is 5.50. The third kappa shape index (κ3) is 5.07. The van der Waals surface area contributed by atoms with Gasteiger partial charge >= 0.3 is 0 Å². The molecule has 25 heavy (non-hydrogen) atoms. The van der Waals surface area contributed by atoms with Crippen LogP contribution in [0.25, 0.3) is 6.08 Å². The molecule has 0 aliphatic heterocycles. The molecule has 0 saturated heterocycles. The molecule has 0 aromatic heterocycles. The molecule has 0 radical (unpaired) electrons. The molecule has 126 valence electrons. The van der Waals surface area contributed by atoms with Crippen LogP contribution in [0.2, 0.25) is 0 Å². The van der Waals surface area contributed by atoms with Gasteiger partial charge < -0.3 is 9.47 Å². The zero-order chi connectivity index (χ0) is 17.3. The first kappa shape index (κ1) is 17.0. The van der Waals surface area contributed by atoms with Gasteiger partial charge in [-0.25, -0.2) is 0 Å². The summed E-state index contributed by atoms with van der Waals surface area (Å²) < 4.78 is 11.4. The Morgan fingerprint density at radius 2 is 1.44 bits per heavy atom. The predicted octanol–water partition coefficient (Wildman–Crippen LogP) is 5.67. The van der Waals surface area contributed by atoms with E-state index < -0.39 is 0 Å². The van der Waals surface area contributed by atoms with Crippen molar-refractivity contribution >= 4 is 6.08 Å². The standard InChI is InChI=1S/C23H22O2/c1-24-22-15-12-20(13-16-22)18-25-23(21-10-6-3-7-11-21)17-14-19-8-4-2-5-9-19/h2-17,23H,18H2,1H3/b17-14+/t23-/m1/s1. The maximum atomic E-state index is 6.18. The summed E-state index contributed by atoms with van der Waals surface area (Å²) in [7, 11) is 1.67. The maximum Gasteiger partial charge on any atom is 0.118 e. The van der Waals surface area contributed by atoms with E-state index in [4.69, 9.17) is 9.47 Å². The molecular weight excluding hydrogens is 308 g/mol. The van der Waals surface area contributed by atoms with Gasteiger partial charge in [-0.15, -0.1) is 0 Å². The van der Waals surface area contributed by atoms with Crippen molar-refractivity contribution in [2.45, 2.75) is 12.7 Å². The van der Waals surface area contributed by atoms with E-state index >= 15 is 0 Å². The average molecular weight is 330 g/mol. The normalized spacial score (nSPS) is 12.2. The van der Waals surface area contributed by atoms with Gasteiger partial charge in [0.25, 0.3) is 0 Å². The van der Waals surface area contributed by atoms with Gasteiger partial charge in [0.2, 0.25) is 0 Å². The van der Waals surface area contributed by atoms with Crippen molar-refractivity contribution in [2.24, 2.45) is 0 Å². The molecule has 0 spiro atoms. The SMILES string of the molecule is COc1ccc(CO[C@H](/C=C/c2ccccc2)c2ccccc2)cc1. The largest absolute Gasteiger partial charge is 0.497 e. The van der Waals surface area contributed by atoms with Gasteiger partial charge in [0.15, 0.2) is 0 Å². The molecule has 0 N–H and O–H groups in total. The van der Waals surface area contributed by atoms with Crippen LogP contribution in [0.15, 0.2) is 91.0 Å². The lowest BCUT2D eigenvalue weighted by Crippen LogP contribution is -2.02. The minimum atomic E-state index is -0.0940.